The highest BCUT2D eigenvalue weighted by Gasteiger charge is 2.07. The van der Waals surface area contributed by atoms with Gasteiger partial charge in [0.05, 0.1) is 5.02 Å². The minimum absolute atomic E-state index is 0.126. The topological polar surface area (TPSA) is 50.4 Å². The molecule has 0 radical (unpaired) electrons. The first-order valence-electron chi connectivity index (χ1n) is 7.00. The van der Waals surface area contributed by atoms with E-state index in [1.54, 1.807) is 30.3 Å². The minimum Gasteiger partial charge on any atom is -0.508 e. The van der Waals surface area contributed by atoms with Crippen molar-refractivity contribution in [1.29, 1.82) is 0 Å². The average molecular weight is 325 g/mol. The van der Waals surface area contributed by atoms with Gasteiger partial charge in [0.15, 0.2) is 5.78 Å². The Labute approximate surface area is 138 Å². The molecular formula is C19H13ClO3. The Morgan fingerprint density at radius 1 is 1.00 bits per heavy atom. The number of furan rings is 1. The van der Waals surface area contributed by atoms with Gasteiger partial charge in [-0.25, -0.2) is 0 Å². The average Bonchev–Trinajstić information content (AvgIpc) is 3.02. The summed E-state index contributed by atoms with van der Waals surface area (Å²) >= 11 is 6.14. The lowest BCUT2D eigenvalue weighted by molar-refractivity contribution is 0.104. The Bertz CT molecular complexity index is 860. The van der Waals surface area contributed by atoms with Crippen LogP contribution in [0.1, 0.15) is 16.1 Å². The van der Waals surface area contributed by atoms with Crippen molar-refractivity contribution in [1.82, 2.24) is 0 Å². The van der Waals surface area contributed by atoms with Crippen LogP contribution >= 0.6 is 11.6 Å². The van der Waals surface area contributed by atoms with E-state index in [4.69, 9.17) is 16.0 Å². The number of rotatable bonds is 4. The van der Waals surface area contributed by atoms with Crippen LogP contribution < -0.4 is 0 Å². The van der Waals surface area contributed by atoms with Gasteiger partial charge in [0.25, 0.3) is 0 Å². The Kier molecular flexibility index (Phi) is 4.31. The van der Waals surface area contributed by atoms with E-state index < -0.39 is 0 Å². The standard InChI is InChI=1S/C19H13ClO3/c20-17-4-2-1-3-16(17)19-12-10-15(23-19)9-11-18(22)13-5-7-14(21)8-6-13/h1-12,21H. The second kappa shape index (κ2) is 6.55. The lowest BCUT2D eigenvalue weighted by atomic mass is 10.1. The molecule has 1 aromatic heterocycles. The molecular weight excluding hydrogens is 312 g/mol. The van der Waals surface area contributed by atoms with Crippen molar-refractivity contribution in [2.24, 2.45) is 0 Å². The van der Waals surface area contributed by atoms with Gasteiger partial charge in [-0.15, -0.1) is 0 Å². The molecule has 0 aliphatic rings. The van der Waals surface area contributed by atoms with Gasteiger partial charge in [-0.3, -0.25) is 4.79 Å². The fraction of sp³-hybridized carbons (Fsp3) is 0. The van der Waals surface area contributed by atoms with Crippen LogP contribution in [0.15, 0.2) is 71.2 Å². The first-order valence-corrected chi connectivity index (χ1v) is 7.37. The number of aromatic hydroxyl groups is 1. The summed E-state index contributed by atoms with van der Waals surface area (Å²) in [5, 5.41) is 9.83. The fourth-order valence-electron chi connectivity index (χ4n) is 2.13. The SMILES string of the molecule is O=C(C=Cc1ccc(-c2ccccc2Cl)o1)c1ccc(O)cc1. The van der Waals surface area contributed by atoms with Gasteiger partial charge in [-0.05, 0) is 60.7 Å². The van der Waals surface area contributed by atoms with E-state index in [2.05, 4.69) is 0 Å². The van der Waals surface area contributed by atoms with Crippen LogP contribution in [0.3, 0.4) is 0 Å². The number of hydrogen-bond donors (Lipinski definition) is 1. The minimum atomic E-state index is -0.166. The van der Waals surface area contributed by atoms with E-state index in [1.807, 2.05) is 24.3 Å². The number of ketones is 1. The molecule has 3 nitrogen and oxygen atoms in total. The maximum atomic E-state index is 12.0. The Hall–Kier alpha value is -2.78. The monoisotopic (exact) mass is 324 g/mol. The van der Waals surface area contributed by atoms with Crippen molar-refractivity contribution < 1.29 is 14.3 Å². The molecule has 0 aliphatic heterocycles. The zero-order chi connectivity index (χ0) is 16.2. The molecule has 3 rings (SSSR count). The lowest BCUT2D eigenvalue weighted by Gasteiger charge is -1.99. The van der Waals surface area contributed by atoms with Crippen LogP contribution in [0.4, 0.5) is 0 Å². The van der Waals surface area contributed by atoms with Crippen LogP contribution in [-0.4, -0.2) is 10.9 Å². The molecule has 0 bridgehead atoms. The van der Waals surface area contributed by atoms with Gasteiger partial charge >= 0.3 is 0 Å². The summed E-state index contributed by atoms with van der Waals surface area (Å²) in [4.78, 5) is 12.0. The maximum absolute atomic E-state index is 12.0. The summed E-state index contributed by atoms with van der Waals surface area (Å²) in [7, 11) is 0. The van der Waals surface area contributed by atoms with Gasteiger partial charge in [0.2, 0.25) is 0 Å². The summed E-state index contributed by atoms with van der Waals surface area (Å²) in [6.45, 7) is 0. The van der Waals surface area contributed by atoms with E-state index in [0.29, 0.717) is 22.1 Å². The number of phenolic OH excluding ortho intramolecular Hbond substituents is 1. The number of allylic oxidation sites excluding steroid dienone is 1. The number of phenols is 1. The molecule has 0 amide bonds. The second-order valence-electron chi connectivity index (χ2n) is 4.93. The molecule has 4 heteroatoms. The van der Waals surface area contributed by atoms with Crippen molar-refractivity contribution in [3.05, 3.63) is 83.1 Å². The highest BCUT2D eigenvalue weighted by atomic mass is 35.5. The lowest BCUT2D eigenvalue weighted by Crippen LogP contribution is -1.92. The fourth-order valence-corrected chi connectivity index (χ4v) is 2.36. The highest BCUT2D eigenvalue weighted by Crippen LogP contribution is 2.29. The number of carbonyl (C=O) groups is 1. The number of halogens is 1. The van der Waals surface area contributed by atoms with E-state index in [0.717, 1.165) is 5.56 Å². The number of carbonyl (C=O) groups excluding carboxylic acids is 1. The summed E-state index contributed by atoms with van der Waals surface area (Å²) in [5.41, 5.74) is 1.30. The summed E-state index contributed by atoms with van der Waals surface area (Å²) in [5.74, 6) is 1.17. The van der Waals surface area contributed by atoms with E-state index in [1.165, 1.54) is 18.2 Å². The largest absolute Gasteiger partial charge is 0.508 e. The first kappa shape index (κ1) is 15.1. The predicted octanol–water partition coefficient (Wildman–Crippen LogP) is 5.20. The predicted molar refractivity (Wildman–Crippen MR) is 90.6 cm³/mol. The zero-order valence-electron chi connectivity index (χ0n) is 12.1. The molecule has 0 atom stereocenters. The van der Waals surface area contributed by atoms with Crippen LogP contribution in [0, 0.1) is 0 Å². The normalized spacial score (nSPS) is 11.0. The molecule has 1 N–H and O–H groups in total. The molecule has 114 valence electrons. The van der Waals surface area contributed by atoms with Gasteiger partial charge in [-0.1, -0.05) is 23.7 Å². The van der Waals surface area contributed by atoms with Gasteiger partial charge in [0, 0.05) is 11.1 Å². The Balaban J connectivity index is 1.77. The Morgan fingerprint density at radius 2 is 1.74 bits per heavy atom. The maximum Gasteiger partial charge on any atom is 0.185 e. The van der Waals surface area contributed by atoms with Gasteiger partial charge in [0.1, 0.15) is 17.3 Å². The molecule has 0 saturated carbocycles. The van der Waals surface area contributed by atoms with E-state index in [9.17, 15) is 9.90 Å². The van der Waals surface area contributed by atoms with Crippen LogP contribution in [0.2, 0.25) is 5.02 Å². The quantitative estimate of drug-likeness (QED) is 0.530. The summed E-state index contributed by atoms with van der Waals surface area (Å²) in [6, 6.07) is 17.1. The summed E-state index contributed by atoms with van der Waals surface area (Å²) in [6.07, 6.45) is 3.04. The molecule has 0 unspecified atom stereocenters. The zero-order valence-corrected chi connectivity index (χ0v) is 12.8. The molecule has 0 fully saturated rings. The van der Waals surface area contributed by atoms with Crippen LogP contribution in [0.5, 0.6) is 5.75 Å². The van der Waals surface area contributed by atoms with Crippen LogP contribution in [-0.2, 0) is 0 Å². The smallest absolute Gasteiger partial charge is 0.185 e. The van der Waals surface area contributed by atoms with Crippen molar-refractivity contribution in [3.8, 4) is 17.1 Å². The molecule has 0 spiro atoms. The van der Waals surface area contributed by atoms with Crippen molar-refractivity contribution in [3.63, 3.8) is 0 Å². The third kappa shape index (κ3) is 3.52. The van der Waals surface area contributed by atoms with Gasteiger partial charge < -0.3 is 9.52 Å². The molecule has 2 aromatic carbocycles. The molecule has 0 aliphatic carbocycles. The second-order valence-corrected chi connectivity index (χ2v) is 5.33. The van der Waals surface area contributed by atoms with Crippen LogP contribution in [0.25, 0.3) is 17.4 Å². The molecule has 0 saturated heterocycles. The first-order chi connectivity index (χ1) is 11.1. The van der Waals surface area contributed by atoms with E-state index in [-0.39, 0.29) is 11.5 Å². The van der Waals surface area contributed by atoms with Crippen molar-refractivity contribution in [2.45, 2.75) is 0 Å². The molecule has 3 aromatic rings. The third-order valence-corrected chi connectivity index (χ3v) is 3.65. The number of benzene rings is 2. The van der Waals surface area contributed by atoms with Crippen molar-refractivity contribution >= 4 is 23.5 Å². The molecule has 23 heavy (non-hydrogen) atoms. The van der Waals surface area contributed by atoms with E-state index >= 15 is 0 Å². The highest BCUT2D eigenvalue weighted by molar-refractivity contribution is 6.33. The van der Waals surface area contributed by atoms with Crippen molar-refractivity contribution in [2.75, 3.05) is 0 Å². The number of hydrogen-bond acceptors (Lipinski definition) is 3. The van der Waals surface area contributed by atoms with Gasteiger partial charge in [-0.2, -0.15) is 0 Å². The summed E-state index contributed by atoms with van der Waals surface area (Å²) < 4.78 is 5.69. The Morgan fingerprint density at radius 3 is 2.48 bits per heavy atom. The third-order valence-electron chi connectivity index (χ3n) is 3.32. The molecule has 1 heterocycles.